The Morgan fingerprint density at radius 1 is 1.37 bits per heavy atom. The third-order valence-electron chi connectivity index (χ3n) is 3.02. The number of carbonyl (C=O) groups is 1. The van der Waals surface area contributed by atoms with Crippen LogP contribution in [0, 0.1) is 5.92 Å². The van der Waals surface area contributed by atoms with Crippen LogP contribution in [-0.4, -0.2) is 23.7 Å². The third-order valence-corrected chi connectivity index (χ3v) is 3.96. The Bertz CT molecular complexity index is 492. The molecule has 1 saturated heterocycles. The molecule has 0 N–H and O–H groups in total. The van der Waals surface area contributed by atoms with Crippen molar-refractivity contribution in [3.8, 4) is 0 Å². The maximum Gasteiger partial charge on any atom is 0.416 e. The molecule has 0 spiro atoms. The molecule has 2 atom stereocenters. The van der Waals surface area contributed by atoms with Gasteiger partial charge in [-0.25, -0.2) is 0 Å². The predicted octanol–water partition coefficient (Wildman–Crippen LogP) is 3.51. The first-order chi connectivity index (χ1) is 8.84. The number of alkyl halides is 5. The average Bonchev–Trinajstić information content (AvgIpc) is 2.65. The van der Waals surface area contributed by atoms with E-state index in [9.17, 15) is 18.0 Å². The second-order valence-corrected chi connectivity index (χ2v) is 5.09. The molecule has 1 aromatic carbocycles. The Morgan fingerprint density at radius 2 is 2.05 bits per heavy atom. The van der Waals surface area contributed by atoms with Crippen molar-refractivity contribution in [2.75, 3.05) is 17.3 Å². The minimum absolute atomic E-state index is 0.190. The summed E-state index contributed by atoms with van der Waals surface area (Å²) in [4.78, 5) is 13.1. The Balaban J connectivity index is 2.31. The van der Waals surface area contributed by atoms with Crippen molar-refractivity contribution in [1.82, 2.24) is 0 Å². The Labute approximate surface area is 118 Å². The van der Waals surface area contributed by atoms with Crippen LogP contribution in [0.3, 0.4) is 0 Å². The zero-order valence-electron chi connectivity index (χ0n) is 9.62. The van der Waals surface area contributed by atoms with Gasteiger partial charge in [0.2, 0.25) is 5.91 Å². The van der Waals surface area contributed by atoms with E-state index in [1.165, 1.54) is 17.0 Å². The number of halogens is 5. The monoisotopic (exact) mass is 311 g/mol. The summed E-state index contributed by atoms with van der Waals surface area (Å²) in [7, 11) is 0. The molecule has 7 heteroatoms. The lowest BCUT2D eigenvalue weighted by molar-refractivity contribution is -0.137. The largest absolute Gasteiger partial charge is 0.416 e. The van der Waals surface area contributed by atoms with E-state index in [-0.39, 0.29) is 24.0 Å². The second-order valence-electron chi connectivity index (χ2n) is 4.31. The van der Waals surface area contributed by atoms with Crippen molar-refractivity contribution in [1.29, 1.82) is 0 Å². The predicted molar refractivity (Wildman–Crippen MR) is 67.6 cm³/mol. The first-order valence-electron chi connectivity index (χ1n) is 5.53. The molecule has 0 aliphatic carbocycles. The molecule has 1 amide bonds. The second kappa shape index (κ2) is 5.21. The number of hydrogen-bond donors (Lipinski definition) is 0. The molecular formula is C12H10Cl2F3NO. The zero-order valence-corrected chi connectivity index (χ0v) is 11.1. The van der Waals surface area contributed by atoms with Gasteiger partial charge in [-0.15, -0.1) is 23.2 Å². The molecular weight excluding hydrogens is 302 g/mol. The molecule has 1 aliphatic rings. The number of amides is 1. The number of anilines is 1. The molecule has 0 radical (unpaired) electrons. The van der Waals surface area contributed by atoms with E-state index in [1.807, 2.05) is 0 Å². The van der Waals surface area contributed by atoms with Gasteiger partial charge in [-0.1, -0.05) is 6.07 Å². The van der Waals surface area contributed by atoms with Gasteiger partial charge in [0.25, 0.3) is 0 Å². The molecule has 2 rings (SSSR count). The average molecular weight is 312 g/mol. The summed E-state index contributed by atoms with van der Waals surface area (Å²) in [5.74, 6) is -0.480. The summed E-state index contributed by atoms with van der Waals surface area (Å²) in [6, 6.07) is 4.62. The summed E-state index contributed by atoms with van der Waals surface area (Å²) in [6.07, 6.45) is -4.44. The van der Waals surface area contributed by atoms with E-state index in [0.717, 1.165) is 12.1 Å². The fourth-order valence-corrected chi connectivity index (χ4v) is 2.63. The van der Waals surface area contributed by atoms with Crippen LogP contribution in [0.15, 0.2) is 24.3 Å². The van der Waals surface area contributed by atoms with Gasteiger partial charge in [0.15, 0.2) is 0 Å². The van der Waals surface area contributed by atoms with Crippen molar-refractivity contribution in [3.05, 3.63) is 29.8 Å². The quantitative estimate of drug-likeness (QED) is 0.765. The van der Waals surface area contributed by atoms with E-state index >= 15 is 0 Å². The van der Waals surface area contributed by atoms with Gasteiger partial charge in [-0.2, -0.15) is 13.2 Å². The van der Waals surface area contributed by atoms with Crippen LogP contribution in [0.5, 0.6) is 0 Å². The molecule has 1 aromatic rings. The highest BCUT2D eigenvalue weighted by molar-refractivity contribution is 6.34. The third kappa shape index (κ3) is 2.82. The Kier molecular flexibility index (Phi) is 3.97. The Hall–Kier alpha value is -0.940. The van der Waals surface area contributed by atoms with Crippen LogP contribution in [0.4, 0.5) is 18.9 Å². The molecule has 1 heterocycles. The fourth-order valence-electron chi connectivity index (χ4n) is 1.98. The van der Waals surface area contributed by atoms with Crippen LogP contribution < -0.4 is 4.90 Å². The minimum Gasteiger partial charge on any atom is -0.311 e. The van der Waals surface area contributed by atoms with Crippen molar-refractivity contribution in [3.63, 3.8) is 0 Å². The minimum atomic E-state index is -4.44. The van der Waals surface area contributed by atoms with E-state index in [0.29, 0.717) is 0 Å². The van der Waals surface area contributed by atoms with Gasteiger partial charge in [-0.3, -0.25) is 4.79 Å². The highest BCUT2D eigenvalue weighted by atomic mass is 35.5. The van der Waals surface area contributed by atoms with Crippen LogP contribution in [0.2, 0.25) is 0 Å². The molecule has 1 aliphatic heterocycles. The maximum atomic E-state index is 12.6. The van der Waals surface area contributed by atoms with Gasteiger partial charge < -0.3 is 4.90 Å². The number of hydrogen-bond acceptors (Lipinski definition) is 1. The zero-order chi connectivity index (χ0) is 14.2. The van der Waals surface area contributed by atoms with E-state index < -0.39 is 23.0 Å². The molecule has 19 heavy (non-hydrogen) atoms. The molecule has 2 nitrogen and oxygen atoms in total. The summed E-state index contributed by atoms with van der Waals surface area (Å²) < 4.78 is 37.9. The molecule has 0 aromatic heterocycles. The Morgan fingerprint density at radius 3 is 2.58 bits per heavy atom. The number of carbonyl (C=O) groups excluding carboxylic acids is 1. The lowest BCUT2D eigenvalue weighted by Gasteiger charge is -2.18. The fraction of sp³-hybridized carbons (Fsp3) is 0.417. The first kappa shape index (κ1) is 14.5. The van der Waals surface area contributed by atoms with Gasteiger partial charge in [0.05, 0.1) is 5.56 Å². The first-order valence-corrected chi connectivity index (χ1v) is 6.50. The van der Waals surface area contributed by atoms with Crippen LogP contribution in [-0.2, 0) is 11.0 Å². The van der Waals surface area contributed by atoms with E-state index in [2.05, 4.69) is 0 Å². The summed E-state index contributed by atoms with van der Waals surface area (Å²) >= 11 is 11.6. The van der Waals surface area contributed by atoms with Crippen LogP contribution in [0.25, 0.3) is 0 Å². The van der Waals surface area contributed by atoms with Crippen molar-refractivity contribution in [2.45, 2.75) is 11.6 Å². The van der Waals surface area contributed by atoms with Gasteiger partial charge >= 0.3 is 6.18 Å². The van der Waals surface area contributed by atoms with Crippen LogP contribution in [0.1, 0.15) is 5.56 Å². The lowest BCUT2D eigenvalue weighted by atomic mass is 10.1. The van der Waals surface area contributed by atoms with E-state index in [4.69, 9.17) is 23.2 Å². The van der Waals surface area contributed by atoms with Crippen LogP contribution >= 0.6 is 23.2 Å². The molecule has 2 unspecified atom stereocenters. The summed E-state index contributed by atoms with van der Waals surface area (Å²) in [5, 5.41) is -0.785. The standard InChI is InChI=1S/C12H10Cl2F3NO/c13-5-7-6-18(11(19)10(7)14)9-3-1-2-8(4-9)12(15,16)17/h1-4,7,10H,5-6H2. The van der Waals surface area contributed by atoms with Gasteiger partial charge in [0.1, 0.15) is 5.38 Å². The maximum absolute atomic E-state index is 12.6. The van der Waals surface area contributed by atoms with Gasteiger partial charge in [-0.05, 0) is 18.2 Å². The highest BCUT2D eigenvalue weighted by Crippen LogP contribution is 2.34. The normalized spacial score (nSPS) is 24.1. The van der Waals surface area contributed by atoms with E-state index in [1.54, 1.807) is 0 Å². The topological polar surface area (TPSA) is 20.3 Å². The SMILES string of the molecule is O=C1C(Cl)C(CCl)CN1c1cccc(C(F)(F)F)c1. The number of benzene rings is 1. The molecule has 0 saturated carbocycles. The molecule has 0 bridgehead atoms. The summed E-state index contributed by atoms with van der Waals surface area (Å²) in [6.45, 7) is 0.234. The van der Waals surface area contributed by atoms with Gasteiger partial charge in [0, 0.05) is 24.0 Å². The lowest BCUT2D eigenvalue weighted by Crippen LogP contribution is -2.27. The van der Waals surface area contributed by atoms with Crippen molar-refractivity contribution < 1.29 is 18.0 Å². The smallest absolute Gasteiger partial charge is 0.311 e. The molecule has 104 valence electrons. The number of nitrogens with zero attached hydrogens (tertiary/aromatic N) is 1. The van der Waals surface area contributed by atoms with Crippen molar-refractivity contribution >= 4 is 34.8 Å². The molecule has 1 fully saturated rings. The highest BCUT2D eigenvalue weighted by Gasteiger charge is 2.40. The van der Waals surface area contributed by atoms with Crippen molar-refractivity contribution in [2.24, 2.45) is 5.92 Å². The number of rotatable bonds is 2. The summed E-state index contributed by atoms with van der Waals surface area (Å²) in [5.41, 5.74) is -0.601.